The van der Waals surface area contributed by atoms with Crippen molar-refractivity contribution in [3.8, 4) is 0 Å². The third-order valence-electron chi connectivity index (χ3n) is 4.86. The van der Waals surface area contributed by atoms with Crippen molar-refractivity contribution in [2.24, 2.45) is 0 Å². The van der Waals surface area contributed by atoms with Crippen LogP contribution < -0.4 is 0 Å². The van der Waals surface area contributed by atoms with Crippen LogP contribution in [0.25, 0.3) is 0 Å². The van der Waals surface area contributed by atoms with Gasteiger partial charge in [-0.1, -0.05) is 18.3 Å². The molecule has 0 bridgehead atoms. The number of rotatable bonds is 10. The summed E-state index contributed by atoms with van der Waals surface area (Å²) in [4.78, 5) is 0. The molecule has 3 nitrogen and oxygen atoms in total. The maximum absolute atomic E-state index is 6.45. The zero-order valence-corrected chi connectivity index (χ0v) is 19.0. The highest BCUT2D eigenvalue weighted by Crippen LogP contribution is 2.25. The second kappa shape index (κ2) is 8.40. The molecule has 6 heteroatoms. The van der Waals surface area contributed by atoms with E-state index in [1.165, 1.54) is 36.8 Å². The summed E-state index contributed by atoms with van der Waals surface area (Å²) in [5.41, 5.74) is 4.64. The lowest BCUT2D eigenvalue weighted by Crippen LogP contribution is -2.57. The molecule has 23 heavy (non-hydrogen) atoms. The van der Waals surface area contributed by atoms with Crippen LogP contribution in [0.15, 0.2) is 24.6 Å². The highest BCUT2D eigenvalue weighted by Gasteiger charge is 2.39. The molecule has 1 rings (SSSR count). The molecule has 0 N–H and O–H groups in total. The number of likely N-dealkylation sites (tertiary alicyclic amines) is 1. The average molecular weight is 371 g/mol. The van der Waals surface area contributed by atoms with Crippen LogP contribution in [0.4, 0.5) is 0 Å². The summed E-state index contributed by atoms with van der Waals surface area (Å²) in [6, 6.07) is 0. The second-order valence-electron chi connectivity index (χ2n) is 7.91. The van der Waals surface area contributed by atoms with Gasteiger partial charge in [-0.2, -0.15) is 0 Å². The van der Waals surface area contributed by atoms with E-state index in [9.17, 15) is 0 Å². The first-order chi connectivity index (χ1) is 10.6. The van der Waals surface area contributed by atoms with E-state index >= 15 is 0 Å². The summed E-state index contributed by atoms with van der Waals surface area (Å²) in [6.45, 7) is 21.6. The maximum Gasteiger partial charge on any atom is 0.213 e. The van der Waals surface area contributed by atoms with Crippen LogP contribution in [0.2, 0.25) is 26.2 Å². The van der Waals surface area contributed by atoms with Crippen LogP contribution in [0.3, 0.4) is 0 Å². The molecular weight excluding hydrogens is 334 g/mol. The fourth-order valence-corrected chi connectivity index (χ4v) is 8.03. The van der Waals surface area contributed by atoms with Crippen LogP contribution >= 0.6 is 0 Å². The minimum atomic E-state index is -1.87. The molecule has 0 amide bonds. The molecule has 132 valence electrons. The normalized spacial score (nSPS) is 19.8. The van der Waals surface area contributed by atoms with Crippen LogP contribution in [0.1, 0.15) is 26.2 Å². The summed E-state index contributed by atoms with van der Waals surface area (Å²) in [5, 5.41) is 0. The number of hydrogen-bond donors (Lipinski definition) is 0. The van der Waals surface area contributed by atoms with Crippen molar-refractivity contribution in [2.45, 2.75) is 64.0 Å². The Morgan fingerprint density at radius 3 is 1.83 bits per heavy atom. The van der Waals surface area contributed by atoms with Gasteiger partial charge in [0.15, 0.2) is 9.52 Å². The van der Waals surface area contributed by atoms with Crippen molar-refractivity contribution in [2.75, 3.05) is 20.1 Å². The molecule has 1 atom stereocenters. The lowest BCUT2D eigenvalue weighted by molar-refractivity contribution is -0.910. The van der Waals surface area contributed by atoms with Crippen LogP contribution in [-0.2, 0) is 8.85 Å². The molecule has 1 unspecified atom stereocenters. The lowest BCUT2D eigenvalue weighted by Gasteiger charge is -2.40. The van der Waals surface area contributed by atoms with E-state index in [0.717, 1.165) is 0 Å². The van der Waals surface area contributed by atoms with Gasteiger partial charge in [0.05, 0.1) is 25.8 Å². The van der Waals surface area contributed by atoms with Gasteiger partial charge in [-0.15, -0.1) is 13.2 Å². The second-order valence-corrected chi connectivity index (χ2v) is 17.1. The molecule has 1 saturated heterocycles. The standard InChI is InChI=1S/C17H36NO2Si3/c1-9-16(18(4)14-12-13-15-18)21-17(19-22(5,6)10-2)20-23(7,8)11-3/h10-11,16-17H,2-3,9,12-15H2,1,4-8H3/q+1. The highest BCUT2D eigenvalue weighted by atomic mass is 28.4. The molecular formula is C17H36NO2Si3+. The third-order valence-corrected chi connectivity index (χ3v) is 10.9. The monoisotopic (exact) mass is 370 g/mol. The van der Waals surface area contributed by atoms with Gasteiger partial charge < -0.3 is 13.3 Å². The average Bonchev–Trinajstić information content (AvgIpc) is 2.91. The van der Waals surface area contributed by atoms with Crippen molar-refractivity contribution in [3.63, 3.8) is 0 Å². The van der Waals surface area contributed by atoms with Gasteiger partial charge in [-0.25, -0.2) is 0 Å². The maximum atomic E-state index is 6.45. The Morgan fingerprint density at radius 1 is 1.04 bits per heavy atom. The number of hydrogen-bond acceptors (Lipinski definition) is 2. The molecule has 0 aromatic carbocycles. The molecule has 1 fully saturated rings. The van der Waals surface area contributed by atoms with E-state index in [-0.39, 0.29) is 5.91 Å². The zero-order valence-electron chi connectivity index (χ0n) is 16.0. The SMILES string of the molecule is C=C[Si](C)(C)OC(O[Si](C)(C)C=C)[Si]C(CC)[N+]1(C)CCCC1. The lowest BCUT2D eigenvalue weighted by atomic mass is 10.3. The Balaban J connectivity index is 2.89. The topological polar surface area (TPSA) is 18.5 Å². The summed E-state index contributed by atoms with van der Waals surface area (Å²) >= 11 is 0. The molecule has 0 aromatic rings. The van der Waals surface area contributed by atoms with E-state index in [2.05, 4.69) is 53.3 Å². The molecule has 0 aliphatic carbocycles. The summed E-state index contributed by atoms with van der Waals surface area (Å²) < 4.78 is 14.1. The van der Waals surface area contributed by atoms with E-state index in [1.807, 2.05) is 11.4 Å². The van der Waals surface area contributed by atoms with Crippen molar-refractivity contribution >= 4 is 26.2 Å². The predicted molar refractivity (Wildman–Crippen MR) is 106 cm³/mol. The fourth-order valence-electron chi connectivity index (χ4n) is 3.01. The van der Waals surface area contributed by atoms with Gasteiger partial charge in [0.25, 0.3) is 0 Å². The van der Waals surface area contributed by atoms with Gasteiger partial charge in [-0.05, 0) is 32.6 Å². The molecule has 1 aliphatic rings. The van der Waals surface area contributed by atoms with Gasteiger partial charge in [0, 0.05) is 12.8 Å². The molecule has 1 heterocycles. The minimum Gasteiger partial charge on any atom is -0.393 e. The first kappa shape index (κ1) is 21.1. The van der Waals surface area contributed by atoms with Crippen LogP contribution in [0, 0.1) is 0 Å². The van der Waals surface area contributed by atoms with Crippen molar-refractivity contribution in [3.05, 3.63) is 24.6 Å². The fraction of sp³-hybridized carbons (Fsp3) is 0.765. The molecule has 2 radical (unpaired) electrons. The van der Waals surface area contributed by atoms with E-state index in [0.29, 0.717) is 15.2 Å². The Labute approximate surface area is 148 Å². The summed E-state index contributed by atoms with van der Waals surface area (Å²) in [5.74, 6) is -0.102. The smallest absolute Gasteiger partial charge is 0.213 e. The molecule has 0 saturated carbocycles. The van der Waals surface area contributed by atoms with E-state index in [1.54, 1.807) is 0 Å². The molecule has 0 aromatic heterocycles. The molecule has 0 spiro atoms. The Morgan fingerprint density at radius 2 is 1.48 bits per heavy atom. The quantitative estimate of drug-likeness (QED) is 0.330. The predicted octanol–water partition coefficient (Wildman–Crippen LogP) is 3.84. The Hall–Kier alpha value is 0.0106. The van der Waals surface area contributed by atoms with Crippen LogP contribution in [-0.4, -0.2) is 62.4 Å². The first-order valence-corrected chi connectivity index (χ1v) is 15.9. The van der Waals surface area contributed by atoms with Crippen LogP contribution in [0.5, 0.6) is 0 Å². The largest absolute Gasteiger partial charge is 0.393 e. The minimum absolute atomic E-state index is 0.102. The third kappa shape index (κ3) is 6.43. The summed E-state index contributed by atoms with van der Waals surface area (Å²) in [7, 11) is -0.651. The van der Waals surface area contributed by atoms with Gasteiger partial charge in [-0.3, -0.25) is 0 Å². The molecule has 1 aliphatic heterocycles. The number of nitrogens with zero attached hydrogens (tertiary/aromatic N) is 1. The Bertz CT molecular complexity index is 385. The van der Waals surface area contributed by atoms with E-state index in [4.69, 9.17) is 8.85 Å². The van der Waals surface area contributed by atoms with Gasteiger partial charge >= 0.3 is 0 Å². The van der Waals surface area contributed by atoms with Crippen molar-refractivity contribution < 1.29 is 13.3 Å². The number of quaternary nitrogens is 1. The Kier molecular flexibility index (Phi) is 7.69. The van der Waals surface area contributed by atoms with E-state index < -0.39 is 16.6 Å². The van der Waals surface area contributed by atoms with Gasteiger partial charge in [0.2, 0.25) is 16.6 Å². The van der Waals surface area contributed by atoms with Crippen molar-refractivity contribution in [1.29, 1.82) is 0 Å². The zero-order chi connectivity index (χ0) is 17.7. The first-order valence-electron chi connectivity index (χ1n) is 8.80. The van der Waals surface area contributed by atoms with Gasteiger partial charge in [0.1, 0.15) is 5.91 Å². The highest BCUT2D eigenvalue weighted by molar-refractivity contribution is 6.77. The van der Waals surface area contributed by atoms with Crippen molar-refractivity contribution in [1.82, 2.24) is 0 Å². The summed E-state index contributed by atoms with van der Waals surface area (Å²) in [6.07, 6.45) is 3.89.